The number of nitrogen functional groups attached to an aromatic ring is 1. The van der Waals surface area contributed by atoms with E-state index in [1.54, 1.807) is 19.5 Å². The third kappa shape index (κ3) is 2.00. The predicted molar refractivity (Wildman–Crippen MR) is 77.0 cm³/mol. The van der Waals surface area contributed by atoms with Gasteiger partial charge in [0.25, 0.3) is 0 Å². The highest BCUT2D eigenvalue weighted by molar-refractivity contribution is 6.30. The fraction of sp³-hybridized carbons (Fsp3) is 0.0714. The molecule has 0 aliphatic heterocycles. The van der Waals surface area contributed by atoms with E-state index >= 15 is 0 Å². The van der Waals surface area contributed by atoms with Crippen LogP contribution in [0.2, 0.25) is 5.02 Å². The minimum absolute atomic E-state index is 0.646. The number of fused-ring (bicyclic) bond motifs is 1. The van der Waals surface area contributed by atoms with Gasteiger partial charge in [-0.05, 0) is 36.4 Å². The summed E-state index contributed by atoms with van der Waals surface area (Å²) in [4.78, 5) is 4.35. The highest BCUT2D eigenvalue weighted by Crippen LogP contribution is 2.29. The number of anilines is 1. The van der Waals surface area contributed by atoms with Gasteiger partial charge in [-0.1, -0.05) is 11.6 Å². The van der Waals surface area contributed by atoms with Gasteiger partial charge in [0.1, 0.15) is 12.1 Å². The normalized spacial score (nSPS) is 10.8. The summed E-state index contributed by atoms with van der Waals surface area (Å²) in [5, 5.41) is 0.646. The number of aromatic nitrogens is 2. The average molecular weight is 274 g/mol. The maximum absolute atomic E-state index is 6.06. The second-order valence-corrected chi connectivity index (χ2v) is 4.62. The Morgan fingerprint density at radius 2 is 2.05 bits per heavy atom. The molecule has 0 fully saturated rings. The average Bonchev–Trinajstić information content (AvgIpc) is 2.81. The van der Waals surface area contributed by atoms with Gasteiger partial charge in [0.2, 0.25) is 0 Å². The third-order valence-corrected chi connectivity index (χ3v) is 3.21. The number of nitrogens with two attached hydrogens (primary N) is 1. The molecule has 0 bridgehead atoms. The van der Waals surface area contributed by atoms with E-state index in [4.69, 9.17) is 22.1 Å². The van der Waals surface area contributed by atoms with Crippen LogP contribution in [0.3, 0.4) is 0 Å². The van der Waals surface area contributed by atoms with Crippen molar-refractivity contribution in [3.05, 3.63) is 47.7 Å². The molecule has 0 unspecified atom stereocenters. The molecular formula is C14H12ClN3O. The van der Waals surface area contributed by atoms with Gasteiger partial charge >= 0.3 is 0 Å². The van der Waals surface area contributed by atoms with Gasteiger partial charge < -0.3 is 10.5 Å². The first-order valence-corrected chi connectivity index (χ1v) is 6.13. The smallest absolute Gasteiger partial charge is 0.143 e. The van der Waals surface area contributed by atoms with Crippen LogP contribution in [-0.2, 0) is 0 Å². The number of benzene rings is 2. The van der Waals surface area contributed by atoms with Crippen molar-refractivity contribution >= 4 is 28.3 Å². The van der Waals surface area contributed by atoms with Gasteiger partial charge in [-0.2, -0.15) is 0 Å². The quantitative estimate of drug-likeness (QED) is 0.729. The van der Waals surface area contributed by atoms with Gasteiger partial charge in [0, 0.05) is 10.7 Å². The summed E-state index contributed by atoms with van der Waals surface area (Å²) in [7, 11) is 1.63. The lowest BCUT2D eigenvalue weighted by Crippen LogP contribution is -1.96. The fourth-order valence-corrected chi connectivity index (χ4v) is 2.24. The lowest BCUT2D eigenvalue weighted by Gasteiger charge is -2.10. The van der Waals surface area contributed by atoms with Gasteiger partial charge in [0.05, 0.1) is 23.8 Å². The lowest BCUT2D eigenvalue weighted by molar-refractivity contribution is 0.413. The summed E-state index contributed by atoms with van der Waals surface area (Å²) < 4.78 is 7.29. The van der Waals surface area contributed by atoms with Gasteiger partial charge in [0.15, 0.2) is 0 Å². The summed E-state index contributed by atoms with van der Waals surface area (Å²) in [6.45, 7) is 0. The van der Waals surface area contributed by atoms with E-state index in [0.717, 1.165) is 22.5 Å². The van der Waals surface area contributed by atoms with E-state index in [1.807, 2.05) is 34.9 Å². The Morgan fingerprint density at radius 3 is 2.84 bits per heavy atom. The zero-order valence-electron chi connectivity index (χ0n) is 10.3. The van der Waals surface area contributed by atoms with Crippen LogP contribution < -0.4 is 10.5 Å². The topological polar surface area (TPSA) is 53.1 Å². The summed E-state index contributed by atoms with van der Waals surface area (Å²) in [6, 6.07) is 11.1. The first-order chi connectivity index (χ1) is 9.19. The van der Waals surface area contributed by atoms with Crippen LogP contribution in [0, 0.1) is 0 Å². The molecule has 0 atom stereocenters. The number of ether oxygens (including phenoxy) is 1. The Labute approximate surface area is 115 Å². The molecular weight excluding hydrogens is 262 g/mol. The molecule has 96 valence electrons. The first-order valence-electron chi connectivity index (χ1n) is 5.75. The molecule has 0 spiro atoms. The summed E-state index contributed by atoms with van der Waals surface area (Å²) in [6.07, 6.45) is 1.73. The van der Waals surface area contributed by atoms with Crippen LogP contribution in [-0.4, -0.2) is 16.7 Å². The summed E-state index contributed by atoms with van der Waals surface area (Å²) in [5.74, 6) is 0.737. The van der Waals surface area contributed by atoms with Crippen molar-refractivity contribution in [1.82, 2.24) is 9.55 Å². The second kappa shape index (κ2) is 4.48. The number of methoxy groups -OCH3 is 1. The number of hydrogen-bond donors (Lipinski definition) is 1. The monoisotopic (exact) mass is 273 g/mol. The van der Waals surface area contributed by atoms with E-state index in [2.05, 4.69) is 4.98 Å². The second-order valence-electron chi connectivity index (χ2n) is 4.18. The van der Waals surface area contributed by atoms with Crippen LogP contribution in [0.5, 0.6) is 5.75 Å². The molecule has 0 saturated heterocycles. The van der Waals surface area contributed by atoms with Crippen LogP contribution in [0.1, 0.15) is 0 Å². The Bertz CT molecular complexity index is 752. The van der Waals surface area contributed by atoms with E-state index in [0.29, 0.717) is 10.7 Å². The Balaban J connectivity index is 2.27. The molecule has 3 rings (SSSR count). The SMILES string of the molecule is COc1ccc(Cl)cc1-n1cnc2cc(N)ccc21. The molecule has 0 aliphatic carbocycles. The molecule has 0 saturated carbocycles. The molecule has 4 nitrogen and oxygen atoms in total. The van der Waals surface area contributed by atoms with Crippen molar-refractivity contribution in [2.24, 2.45) is 0 Å². The van der Waals surface area contributed by atoms with Crippen molar-refractivity contribution in [2.75, 3.05) is 12.8 Å². The van der Waals surface area contributed by atoms with Crippen LogP contribution >= 0.6 is 11.6 Å². The highest BCUT2D eigenvalue weighted by Gasteiger charge is 2.10. The zero-order chi connectivity index (χ0) is 13.4. The van der Waals surface area contributed by atoms with Gasteiger partial charge in [-0.3, -0.25) is 4.57 Å². The molecule has 2 aromatic carbocycles. The molecule has 19 heavy (non-hydrogen) atoms. The maximum Gasteiger partial charge on any atom is 0.143 e. The number of nitrogens with zero attached hydrogens (tertiary/aromatic N) is 2. The molecule has 0 radical (unpaired) electrons. The number of halogens is 1. The number of hydrogen-bond acceptors (Lipinski definition) is 3. The van der Waals surface area contributed by atoms with Crippen molar-refractivity contribution in [1.29, 1.82) is 0 Å². The molecule has 2 N–H and O–H groups in total. The largest absolute Gasteiger partial charge is 0.495 e. The van der Waals surface area contributed by atoms with Crippen molar-refractivity contribution in [2.45, 2.75) is 0 Å². The summed E-state index contributed by atoms with van der Waals surface area (Å²) in [5.41, 5.74) is 9.09. The predicted octanol–water partition coefficient (Wildman–Crippen LogP) is 3.27. The van der Waals surface area contributed by atoms with Gasteiger partial charge in [-0.15, -0.1) is 0 Å². The molecule has 1 heterocycles. The van der Waals surface area contributed by atoms with Crippen molar-refractivity contribution < 1.29 is 4.74 Å². The van der Waals surface area contributed by atoms with E-state index in [9.17, 15) is 0 Å². The Hall–Kier alpha value is -2.20. The van der Waals surface area contributed by atoms with E-state index < -0.39 is 0 Å². The minimum Gasteiger partial charge on any atom is -0.495 e. The van der Waals surface area contributed by atoms with Crippen molar-refractivity contribution in [3.8, 4) is 11.4 Å². The molecule has 0 amide bonds. The zero-order valence-corrected chi connectivity index (χ0v) is 11.1. The lowest BCUT2D eigenvalue weighted by atomic mass is 10.2. The molecule has 0 aliphatic rings. The standard InChI is InChI=1S/C14H12ClN3O/c1-19-14-5-2-9(15)6-13(14)18-8-17-11-7-10(16)3-4-12(11)18/h2-8H,16H2,1H3. The maximum atomic E-state index is 6.06. The van der Waals surface area contributed by atoms with Gasteiger partial charge in [-0.25, -0.2) is 4.98 Å². The number of rotatable bonds is 2. The summed E-state index contributed by atoms with van der Waals surface area (Å²) >= 11 is 6.06. The molecule has 1 aromatic heterocycles. The van der Waals surface area contributed by atoms with Crippen LogP contribution in [0.4, 0.5) is 5.69 Å². The molecule has 5 heteroatoms. The van der Waals surface area contributed by atoms with E-state index in [1.165, 1.54) is 0 Å². The molecule has 3 aromatic rings. The van der Waals surface area contributed by atoms with E-state index in [-0.39, 0.29) is 0 Å². The number of imidazole rings is 1. The first kappa shape index (κ1) is 11.9. The minimum atomic E-state index is 0.646. The Morgan fingerprint density at radius 1 is 1.21 bits per heavy atom. The van der Waals surface area contributed by atoms with Crippen molar-refractivity contribution in [3.63, 3.8) is 0 Å². The van der Waals surface area contributed by atoms with Crippen LogP contribution in [0.15, 0.2) is 42.7 Å². The Kier molecular flexibility index (Phi) is 2.80. The fourth-order valence-electron chi connectivity index (χ4n) is 2.07. The highest BCUT2D eigenvalue weighted by atomic mass is 35.5. The third-order valence-electron chi connectivity index (χ3n) is 2.97. The van der Waals surface area contributed by atoms with Crippen LogP contribution in [0.25, 0.3) is 16.7 Å².